The summed E-state index contributed by atoms with van der Waals surface area (Å²) in [5.74, 6) is -1.68. The Kier molecular flexibility index (Phi) is 4.00. The van der Waals surface area contributed by atoms with E-state index in [1.165, 1.54) is 18.3 Å². The number of carbonyl (C=O) groups excluding carboxylic acids is 1. The van der Waals surface area contributed by atoms with Crippen molar-refractivity contribution >= 4 is 29.2 Å². The number of carboxylic acid groups (broad SMARTS) is 1. The number of aromatic carboxylic acids is 1. The molecule has 1 aromatic carbocycles. The van der Waals surface area contributed by atoms with Gasteiger partial charge in [-0.2, -0.15) is 0 Å². The number of pyridine rings is 1. The maximum Gasteiger partial charge on any atom is 0.339 e. The molecule has 6 heteroatoms. The molecule has 2 N–H and O–H groups in total. The fourth-order valence-corrected chi connectivity index (χ4v) is 2.01. The van der Waals surface area contributed by atoms with Crippen molar-refractivity contribution in [1.82, 2.24) is 4.98 Å². The van der Waals surface area contributed by atoms with Crippen molar-refractivity contribution in [3.05, 3.63) is 58.4 Å². The lowest BCUT2D eigenvalue weighted by molar-refractivity contribution is 0.0698. The molecule has 0 radical (unpaired) electrons. The molecule has 0 aliphatic carbocycles. The number of halogens is 1. The summed E-state index contributed by atoms with van der Waals surface area (Å²) in [5, 5.41) is 11.7. The Morgan fingerprint density at radius 3 is 2.65 bits per heavy atom. The molecular formula is C14H11ClN2O3. The Bertz CT molecular complexity index is 686. The van der Waals surface area contributed by atoms with Crippen molar-refractivity contribution in [2.45, 2.75) is 6.92 Å². The van der Waals surface area contributed by atoms with Gasteiger partial charge in [0.2, 0.25) is 0 Å². The molecule has 0 saturated heterocycles. The van der Waals surface area contributed by atoms with E-state index in [0.29, 0.717) is 5.56 Å². The summed E-state index contributed by atoms with van der Waals surface area (Å²) in [6.07, 6.45) is 1.50. The Balaban J connectivity index is 2.36. The Morgan fingerprint density at radius 1 is 1.25 bits per heavy atom. The predicted octanol–water partition coefficient (Wildman–Crippen LogP) is 2.99. The summed E-state index contributed by atoms with van der Waals surface area (Å²) in [6.45, 7) is 1.75. The van der Waals surface area contributed by atoms with Crippen molar-refractivity contribution in [2.24, 2.45) is 0 Å². The molecule has 0 aliphatic rings. The summed E-state index contributed by atoms with van der Waals surface area (Å²) in [4.78, 5) is 27.3. The van der Waals surface area contributed by atoms with Gasteiger partial charge in [-0.15, -0.1) is 0 Å². The van der Waals surface area contributed by atoms with Gasteiger partial charge in [-0.05, 0) is 30.7 Å². The number of hydrogen-bond acceptors (Lipinski definition) is 3. The minimum Gasteiger partial charge on any atom is -0.478 e. The number of aryl methyl sites for hydroxylation is 1. The predicted molar refractivity (Wildman–Crippen MR) is 75.3 cm³/mol. The normalized spacial score (nSPS) is 10.1. The van der Waals surface area contributed by atoms with Gasteiger partial charge in [-0.1, -0.05) is 23.7 Å². The number of nitrogens with one attached hydrogen (secondary N) is 1. The van der Waals surface area contributed by atoms with Gasteiger partial charge in [0.15, 0.2) is 0 Å². The number of rotatable bonds is 3. The number of benzene rings is 1. The number of aromatic nitrogens is 1. The molecule has 0 spiro atoms. The van der Waals surface area contributed by atoms with Crippen molar-refractivity contribution in [3.8, 4) is 0 Å². The first-order valence-corrected chi connectivity index (χ1v) is 6.13. The first-order chi connectivity index (χ1) is 9.50. The molecule has 102 valence electrons. The second-order valence-electron chi connectivity index (χ2n) is 4.09. The van der Waals surface area contributed by atoms with Gasteiger partial charge >= 0.3 is 5.97 Å². The standard InChI is InChI=1S/C14H11ClN2O3/c1-8-4-3-7-16-12(8)13(18)17-10-6-2-5-9(15)11(10)14(19)20/h2-7H,1H3,(H,17,18)(H,19,20). The van der Waals surface area contributed by atoms with Crippen molar-refractivity contribution in [3.63, 3.8) is 0 Å². The van der Waals surface area contributed by atoms with E-state index < -0.39 is 11.9 Å². The van der Waals surface area contributed by atoms with Gasteiger partial charge in [-0.3, -0.25) is 9.78 Å². The summed E-state index contributed by atoms with van der Waals surface area (Å²) in [5.41, 5.74) is 0.934. The molecule has 0 fully saturated rings. The molecular weight excluding hydrogens is 280 g/mol. The van der Waals surface area contributed by atoms with E-state index in [0.717, 1.165) is 0 Å². The molecule has 1 heterocycles. The molecule has 5 nitrogen and oxygen atoms in total. The number of anilines is 1. The van der Waals surface area contributed by atoms with Gasteiger partial charge in [0.1, 0.15) is 11.3 Å². The highest BCUT2D eigenvalue weighted by molar-refractivity contribution is 6.34. The molecule has 20 heavy (non-hydrogen) atoms. The van der Waals surface area contributed by atoms with E-state index in [1.807, 2.05) is 0 Å². The maximum absolute atomic E-state index is 12.1. The summed E-state index contributed by atoms with van der Waals surface area (Å²) in [6, 6.07) is 7.96. The van der Waals surface area contributed by atoms with Crippen LogP contribution < -0.4 is 5.32 Å². The lowest BCUT2D eigenvalue weighted by atomic mass is 10.1. The minimum atomic E-state index is -1.20. The zero-order valence-electron chi connectivity index (χ0n) is 10.6. The Morgan fingerprint density at radius 2 is 2.00 bits per heavy atom. The second-order valence-corrected chi connectivity index (χ2v) is 4.50. The van der Waals surface area contributed by atoms with E-state index in [4.69, 9.17) is 16.7 Å². The summed E-state index contributed by atoms with van der Waals surface area (Å²) >= 11 is 5.84. The van der Waals surface area contributed by atoms with E-state index in [-0.39, 0.29) is 22.0 Å². The fourth-order valence-electron chi connectivity index (χ4n) is 1.75. The first-order valence-electron chi connectivity index (χ1n) is 5.75. The third-order valence-corrected chi connectivity index (χ3v) is 3.02. The molecule has 1 amide bonds. The Hall–Kier alpha value is -2.40. The quantitative estimate of drug-likeness (QED) is 0.911. The number of carbonyl (C=O) groups is 2. The van der Waals surface area contributed by atoms with E-state index in [9.17, 15) is 9.59 Å². The topological polar surface area (TPSA) is 79.3 Å². The number of carboxylic acids is 1. The van der Waals surface area contributed by atoms with Crippen LogP contribution in [0.2, 0.25) is 5.02 Å². The molecule has 0 unspecified atom stereocenters. The second kappa shape index (κ2) is 5.71. The highest BCUT2D eigenvalue weighted by Gasteiger charge is 2.18. The molecule has 0 saturated carbocycles. The molecule has 2 aromatic rings. The van der Waals surface area contributed by atoms with Gasteiger partial charge < -0.3 is 10.4 Å². The van der Waals surface area contributed by atoms with Crippen molar-refractivity contribution in [1.29, 1.82) is 0 Å². The van der Waals surface area contributed by atoms with Crippen LogP contribution in [0.4, 0.5) is 5.69 Å². The lowest BCUT2D eigenvalue weighted by Crippen LogP contribution is -2.17. The maximum atomic E-state index is 12.1. The van der Waals surface area contributed by atoms with Crippen LogP contribution in [0.25, 0.3) is 0 Å². The third-order valence-electron chi connectivity index (χ3n) is 2.70. The van der Waals surface area contributed by atoms with Crippen LogP contribution in [0, 0.1) is 6.92 Å². The average Bonchev–Trinajstić information content (AvgIpc) is 2.38. The average molecular weight is 291 g/mol. The molecule has 0 bridgehead atoms. The number of nitrogens with zero attached hydrogens (tertiary/aromatic N) is 1. The monoisotopic (exact) mass is 290 g/mol. The highest BCUT2D eigenvalue weighted by atomic mass is 35.5. The van der Waals surface area contributed by atoms with Gasteiger partial charge in [0, 0.05) is 6.20 Å². The molecule has 0 aliphatic heterocycles. The van der Waals surface area contributed by atoms with Gasteiger partial charge in [0.05, 0.1) is 10.7 Å². The summed E-state index contributed by atoms with van der Waals surface area (Å²) in [7, 11) is 0. The number of hydrogen-bond donors (Lipinski definition) is 2. The SMILES string of the molecule is Cc1cccnc1C(=O)Nc1cccc(Cl)c1C(=O)O. The van der Waals surface area contributed by atoms with Crippen molar-refractivity contribution in [2.75, 3.05) is 5.32 Å². The fraction of sp³-hybridized carbons (Fsp3) is 0.0714. The van der Waals surface area contributed by atoms with E-state index in [1.54, 1.807) is 25.1 Å². The largest absolute Gasteiger partial charge is 0.478 e. The van der Waals surface area contributed by atoms with Gasteiger partial charge in [0.25, 0.3) is 5.91 Å². The van der Waals surface area contributed by atoms with Crippen LogP contribution >= 0.6 is 11.6 Å². The zero-order chi connectivity index (χ0) is 14.7. The molecule has 0 atom stereocenters. The lowest BCUT2D eigenvalue weighted by Gasteiger charge is -2.10. The van der Waals surface area contributed by atoms with Crippen LogP contribution in [0.1, 0.15) is 26.4 Å². The number of amides is 1. The zero-order valence-corrected chi connectivity index (χ0v) is 11.3. The molecule has 1 aromatic heterocycles. The molecule has 2 rings (SSSR count). The minimum absolute atomic E-state index is 0.0630. The van der Waals surface area contributed by atoms with Gasteiger partial charge in [-0.25, -0.2) is 4.79 Å². The first kappa shape index (κ1) is 14.0. The van der Waals surface area contributed by atoms with Crippen LogP contribution in [-0.2, 0) is 0 Å². The van der Waals surface area contributed by atoms with Crippen molar-refractivity contribution < 1.29 is 14.7 Å². The van der Waals surface area contributed by atoms with Crippen LogP contribution in [-0.4, -0.2) is 22.0 Å². The van der Waals surface area contributed by atoms with Crippen LogP contribution in [0.5, 0.6) is 0 Å². The highest BCUT2D eigenvalue weighted by Crippen LogP contribution is 2.24. The smallest absolute Gasteiger partial charge is 0.339 e. The van der Waals surface area contributed by atoms with E-state index in [2.05, 4.69) is 10.3 Å². The summed E-state index contributed by atoms with van der Waals surface area (Å²) < 4.78 is 0. The van der Waals surface area contributed by atoms with E-state index >= 15 is 0 Å². The Labute approximate surface area is 120 Å². The van der Waals surface area contributed by atoms with Crippen LogP contribution in [0.3, 0.4) is 0 Å². The third kappa shape index (κ3) is 2.78. The van der Waals surface area contributed by atoms with Crippen LogP contribution in [0.15, 0.2) is 36.5 Å².